The number of benzene rings is 2. The van der Waals surface area contributed by atoms with Crippen molar-refractivity contribution in [3.63, 3.8) is 0 Å². The van der Waals surface area contributed by atoms with Crippen LogP contribution >= 0.6 is 23.2 Å². The fourth-order valence-electron chi connectivity index (χ4n) is 3.70. The van der Waals surface area contributed by atoms with Gasteiger partial charge in [0.15, 0.2) is 12.2 Å². The number of carbonyl (C=O) groups excluding carboxylic acids is 1. The zero-order valence-electron chi connectivity index (χ0n) is 15.4. The van der Waals surface area contributed by atoms with Gasteiger partial charge in [0.1, 0.15) is 6.20 Å². The number of nitrogens with zero attached hydrogens (tertiary/aromatic N) is 2. The summed E-state index contributed by atoms with van der Waals surface area (Å²) in [6.45, 7) is 1.32. The maximum absolute atomic E-state index is 12.9. The Hall–Kier alpha value is -1.62. The van der Waals surface area contributed by atoms with Crippen LogP contribution in [0.5, 0.6) is 0 Å². The Morgan fingerprint density at radius 2 is 1.57 bits per heavy atom. The number of Topliss-reactive ketones (excluding diaryl/α,β-unsaturated/α-hetero) is 1. The number of aryl methyl sites for hydroxylation is 1. The van der Waals surface area contributed by atoms with Gasteiger partial charge in [-0.1, -0.05) is 23.2 Å². The second kappa shape index (κ2) is 9.25. The molecule has 146 valence electrons. The number of aromatic nitrogens is 2. The van der Waals surface area contributed by atoms with E-state index in [4.69, 9.17) is 23.2 Å². The summed E-state index contributed by atoms with van der Waals surface area (Å²) in [6, 6.07) is 14.9. The maximum atomic E-state index is 12.9. The molecule has 1 aromatic heterocycles. The highest BCUT2D eigenvalue weighted by molar-refractivity contribution is 6.31. The van der Waals surface area contributed by atoms with E-state index in [2.05, 4.69) is 15.3 Å². The summed E-state index contributed by atoms with van der Waals surface area (Å²) in [5, 5.41) is 1.35. The van der Waals surface area contributed by atoms with Crippen molar-refractivity contribution in [1.29, 1.82) is 0 Å². The standard InChI is InChI=1S/C22H21Cl2N2O.BrH/c23-18-9-5-16(6-10-18)20-14-25-13-3-1-2-4-22(25)26(20)15-21(27)17-7-11-19(24)12-8-17;/h5-12,14H,1-4,13,15H2;1H/q+1;/p-1. The van der Waals surface area contributed by atoms with Crippen molar-refractivity contribution in [2.45, 2.75) is 38.8 Å². The summed E-state index contributed by atoms with van der Waals surface area (Å²) in [5.41, 5.74) is 2.82. The number of carbonyl (C=O) groups is 1. The summed E-state index contributed by atoms with van der Waals surface area (Å²) >= 11 is 12.0. The van der Waals surface area contributed by atoms with Gasteiger partial charge in [0.25, 0.3) is 5.82 Å². The molecule has 0 fully saturated rings. The Morgan fingerprint density at radius 1 is 0.929 bits per heavy atom. The van der Waals surface area contributed by atoms with Crippen LogP contribution in [0.3, 0.4) is 0 Å². The van der Waals surface area contributed by atoms with Crippen molar-refractivity contribution >= 4 is 29.0 Å². The molecule has 28 heavy (non-hydrogen) atoms. The summed E-state index contributed by atoms with van der Waals surface area (Å²) in [7, 11) is 0. The van der Waals surface area contributed by atoms with Gasteiger partial charge in [-0.05, 0) is 67.8 Å². The van der Waals surface area contributed by atoms with Crippen LogP contribution in [0, 0.1) is 0 Å². The molecule has 3 nitrogen and oxygen atoms in total. The van der Waals surface area contributed by atoms with Gasteiger partial charge in [-0.2, -0.15) is 0 Å². The molecule has 4 rings (SSSR count). The lowest BCUT2D eigenvalue weighted by Gasteiger charge is -2.06. The minimum absolute atomic E-state index is 0. The Morgan fingerprint density at radius 3 is 2.25 bits per heavy atom. The Labute approximate surface area is 185 Å². The van der Waals surface area contributed by atoms with E-state index in [1.54, 1.807) is 24.3 Å². The molecule has 1 aliphatic heterocycles. The Bertz CT molecular complexity index is 965. The molecule has 6 heteroatoms. The highest BCUT2D eigenvalue weighted by Gasteiger charge is 2.27. The van der Waals surface area contributed by atoms with Gasteiger partial charge >= 0.3 is 0 Å². The normalized spacial score (nSPS) is 13.4. The van der Waals surface area contributed by atoms with Crippen molar-refractivity contribution in [3.8, 4) is 11.3 Å². The molecule has 1 aliphatic rings. The van der Waals surface area contributed by atoms with E-state index in [-0.39, 0.29) is 22.8 Å². The SMILES string of the molecule is O=C(Cn1c(-c2ccc(Cl)cc2)c[n+]2c1CCCCC2)c1ccc(Cl)cc1.[Br-]. The first-order valence-corrected chi connectivity index (χ1v) is 10.0. The van der Waals surface area contributed by atoms with Crippen molar-refractivity contribution in [2.75, 3.05) is 0 Å². The molecule has 0 atom stereocenters. The van der Waals surface area contributed by atoms with E-state index in [9.17, 15) is 4.79 Å². The molecule has 0 spiro atoms. The number of rotatable bonds is 4. The highest BCUT2D eigenvalue weighted by atomic mass is 79.9. The van der Waals surface area contributed by atoms with Crippen molar-refractivity contribution in [3.05, 3.63) is 76.2 Å². The van der Waals surface area contributed by atoms with E-state index < -0.39 is 0 Å². The summed E-state index contributed by atoms with van der Waals surface area (Å²) in [6.07, 6.45) is 6.72. The third kappa shape index (κ3) is 4.51. The van der Waals surface area contributed by atoms with Crippen molar-refractivity contribution < 1.29 is 26.3 Å². The molecule has 2 aromatic carbocycles. The van der Waals surface area contributed by atoms with Crippen LogP contribution in [0.2, 0.25) is 10.0 Å². The molecule has 0 bridgehead atoms. The van der Waals surface area contributed by atoms with Gasteiger partial charge in [0.05, 0.1) is 6.54 Å². The number of hydrogen-bond acceptors (Lipinski definition) is 1. The average molecular weight is 480 g/mol. The number of fused-ring (bicyclic) bond motifs is 1. The third-order valence-corrected chi connectivity index (χ3v) is 5.62. The fourth-order valence-corrected chi connectivity index (χ4v) is 3.95. The third-order valence-electron chi connectivity index (χ3n) is 5.12. The zero-order valence-corrected chi connectivity index (χ0v) is 18.5. The predicted molar refractivity (Wildman–Crippen MR) is 108 cm³/mol. The molecule has 0 radical (unpaired) electrons. The lowest BCUT2D eigenvalue weighted by molar-refractivity contribution is -0.702. The number of ketones is 1. The van der Waals surface area contributed by atoms with E-state index in [1.165, 1.54) is 18.7 Å². The summed E-state index contributed by atoms with van der Waals surface area (Å²) < 4.78 is 4.48. The molecular weight excluding hydrogens is 459 g/mol. The van der Waals surface area contributed by atoms with Gasteiger partial charge < -0.3 is 17.0 Å². The first-order valence-electron chi connectivity index (χ1n) is 9.28. The van der Waals surface area contributed by atoms with Crippen molar-refractivity contribution in [2.24, 2.45) is 0 Å². The second-order valence-electron chi connectivity index (χ2n) is 6.96. The highest BCUT2D eigenvalue weighted by Crippen LogP contribution is 2.25. The van der Waals surface area contributed by atoms with Crippen LogP contribution in [-0.2, 0) is 19.5 Å². The molecule has 0 unspecified atom stereocenters. The van der Waals surface area contributed by atoms with Gasteiger partial charge in [-0.15, -0.1) is 0 Å². The minimum atomic E-state index is 0. The topological polar surface area (TPSA) is 25.9 Å². The van der Waals surface area contributed by atoms with Gasteiger partial charge in [0, 0.05) is 27.6 Å². The quantitative estimate of drug-likeness (QED) is 0.416. The van der Waals surface area contributed by atoms with Crippen molar-refractivity contribution in [1.82, 2.24) is 4.57 Å². The monoisotopic (exact) mass is 478 g/mol. The van der Waals surface area contributed by atoms with Crippen LogP contribution < -0.4 is 21.5 Å². The lowest BCUT2D eigenvalue weighted by Crippen LogP contribution is -3.00. The van der Waals surface area contributed by atoms with Gasteiger partial charge in [-0.25, -0.2) is 9.13 Å². The van der Waals surface area contributed by atoms with Crippen LogP contribution in [-0.4, -0.2) is 10.4 Å². The number of hydrogen-bond donors (Lipinski definition) is 0. The van der Waals surface area contributed by atoms with E-state index in [1.807, 2.05) is 24.3 Å². The Kier molecular flexibility index (Phi) is 6.97. The largest absolute Gasteiger partial charge is 1.00 e. The maximum Gasteiger partial charge on any atom is 0.257 e. The second-order valence-corrected chi connectivity index (χ2v) is 7.83. The lowest BCUT2D eigenvalue weighted by atomic mass is 10.1. The van der Waals surface area contributed by atoms with Gasteiger partial charge in [-0.3, -0.25) is 4.79 Å². The molecule has 2 heterocycles. The van der Waals surface area contributed by atoms with Crippen LogP contribution in [0.15, 0.2) is 54.7 Å². The first kappa shape index (κ1) is 21.1. The summed E-state index contributed by atoms with van der Waals surface area (Å²) in [5.74, 6) is 1.31. The van der Waals surface area contributed by atoms with Crippen LogP contribution in [0.25, 0.3) is 11.3 Å². The minimum Gasteiger partial charge on any atom is -1.00 e. The molecule has 0 amide bonds. The smallest absolute Gasteiger partial charge is 0.257 e. The molecular formula is C22H21BrCl2N2O. The predicted octanol–water partition coefficient (Wildman–Crippen LogP) is 2.36. The number of imidazole rings is 1. The first-order chi connectivity index (χ1) is 13.1. The number of halogens is 3. The van der Waals surface area contributed by atoms with Gasteiger partial charge in [0.2, 0.25) is 5.78 Å². The van der Waals surface area contributed by atoms with E-state index >= 15 is 0 Å². The zero-order chi connectivity index (χ0) is 18.8. The van der Waals surface area contributed by atoms with E-state index in [0.717, 1.165) is 30.6 Å². The average Bonchev–Trinajstić information content (AvgIpc) is 2.85. The summed E-state index contributed by atoms with van der Waals surface area (Å²) in [4.78, 5) is 12.9. The molecule has 0 aliphatic carbocycles. The molecule has 0 saturated carbocycles. The van der Waals surface area contributed by atoms with Crippen LogP contribution in [0.1, 0.15) is 35.4 Å². The Balaban J connectivity index is 0.00000225. The fraction of sp³-hybridized carbons (Fsp3) is 0.273. The van der Waals surface area contributed by atoms with E-state index in [0.29, 0.717) is 22.2 Å². The van der Waals surface area contributed by atoms with Crippen LogP contribution in [0.4, 0.5) is 0 Å². The molecule has 0 saturated heterocycles. The molecule has 3 aromatic rings. The molecule has 0 N–H and O–H groups in total.